The predicted molar refractivity (Wildman–Crippen MR) is 81.9 cm³/mol. The Morgan fingerprint density at radius 1 is 1.14 bits per heavy atom. The SMILES string of the molecule is CC(C)c1ccccc1NC(=O)[C@@H]1[C@H](C(=O)[O-])[C@@H]2C=C[C@H]1C2. The van der Waals surface area contributed by atoms with Crippen LogP contribution in [0.15, 0.2) is 36.4 Å². The van der Waals surface area contributed by atoms with E-state index in [1.807, 2.05) is 36.4 Å². The highest BCUT2D eigenvalue weighted by Crippen LogP contribution is 2.48. The van der Waals surface area contributed by atoms with Crippen molar-refractivity contribution in [2.75, 3.05) is 5.32 Å². The van der Waals surface area contributed by atoms with E-state index < -0.39 is 17.8 Å². The van der Waals surface area contributed by atoms with E-state index in [0.29, 0.717) is 0 Å². The third-order valence-electron chi connectivity index (χ3n) is 4.87. The number of fused-ring (bicyclic) bond motifs is 2. The molecular formula is C18H20NO3-. The number of para-hydroxylation sites is 1. The van der Waals surface area contributed by atoms with Gasteiger partial charge >= 0.3 is 0 Å². The maximum Gasteiger partial charge on any atom is 0.228 e. The predicted octanol–water partition coefficient (Wildman–Crippen LogP) is 1.94. The first kappa shape index (κ1) is 14.8. The first-order chi connectivity index (χ1) is 10.5. The summed E-state index contributed by atoms with van der Waals surface area (Å²) in [5.41, 5.74) is 1.82. The van der Waals surface area contributed by atoms with E-state index in [-0.39, 0.29) is 23.7 Å². The molecule has 1 N–H and O–H groups in total. The normalized spacial score (nSPS) is 29.0. The average molecular weight is 298 g/mol. The molecule has 2 aliphatic rings. The number of hydrogen-bond acceptors (Lipinski definition) is 3. The quantitative estimate of drug-likeness (QED) is 0.864. The Hall–Kier alpha value is -2.10. The first-order valence-electron chi connectivity index (χ1n) is 7.78. The van der Waals surface area contributed by atoms with Crippen LogP contribution in [-0.2, 0) is 9.59 Å². The molecule has 1 fully saturated rings. The summed E-state index contributed by atoms with van der Waals surface area (Å²) in [6, 6.07) is 7.66. The molecule has 0 aliphatic heterocycles. The molecule has 0 saturated heterocycles. The maximum absolute atomic E-state index is 12.7. The summed E-state index contributed by atoms with van der Waals surface area (Å²) < 4.78 is 0. The number of hydrogen-bond donors (Lipinski definition) is 1. The highest BCUT2D eigenvalue weighted by atomic mass is 16.4. The zero-order chi connectivity index (χ0) is 15.9. The van der Waals surface area contributed by atoms with Crippen LogP contribution in [0.1, 0.15) is 31.7 Å². The van der Waals surface area contributed by atoms with Crippen LogP contribution in [0.3, 0.4) is 0 Å². The molecule has 2 bridgehead atoms. The second-order valence-corrected chi connectivity index (χ2v) is 6.55. The van der Waals surface area contributed by atoms with Gasteiger partial charge in [0.15, 0.2) is 0 Å². The molecule has 0 unspecified atom stereocenters. The highest BCUT2D eigenvalue weighted by molar-refractivity contribution is 5.96. The number of amides is 1. The summed E-state index contributed by atoms with van der Waals surface area (Å²) in [7, 11) is 0. The number of rotatable bonds is 4. The summed E-state index contributed by atoms with van der Waals surface area (Å²) in [5, 5.41) is 14.3. The van der Waals surface area contributed by atoms with Crippen molar-refractivity contribution >= 4 is 17.6 Å². The van der Waals surface area contributed by atoms with Crippen LogP contribution in [-0.4, -0.2) is 11.9 Å². The lowest BCUT2D eigenvalue weighted by atomic mass is 9.82. The summed E-state index contributed by atoms with van der Waals surface area (Å²) in [4.78, 5) is 24.1. The molecule has 0 spiro atoms. The Labute approximate surface area is 130 Å². The van der Waals surface area contributed by atoms with Gasteiger partial charge < -0.3 is 15.2 Å². The number of allylic oxidation sites excluding steroid dienone is 2. The number of carboxylic acids is 1. The molecule has 4 heteroatoms. The molecule has 2 aliphatic carbocycles. The molecule has 1 aromatic rings. The zero-order valence-electron chi connectivity index (χ0n) is 12.8. The molecule has 0 heterocycles. The van der Waals surface area contributed by atoms with Gasteiger partial charge in [0, 0.05) is 17.6 Å². The molecule has 1 saturated carbocycles. The van der Waals surface area contributed by atoms with Gasteiger partial charge in [-0.2, -0.15) is 0 Å². The van der Waals surface area contributed by atoms with E-state index in [1.54, 1.807) is 0 Å². The van der Waals surface area contributed by atoms with Gasteiger partial charge in [-0.05, 0) is 35.8 Å². The minimum Gasteiger partial charge on any atom is -0.550 e. The smallest absolute Gasteiger partial charge is 0.228 e. The Bertz CT molecular complexity index is 635. The van der Waals surface area contributed by atoms with Crippen LogP contribution in [0.25, 0.3) is 0 Å². The molecule has 3 rings (SSSR count). The van der Waals surface area contributed by atoms with Gasteiger partial charge in [0.2, 0.25) is 5.91 Å². The summed E-state index contributed by atoms with van der Waals surface area (Å²) in [5.74, 6) is -2.33. The molecular weight excluding hydrogens is 278 g/mol. The summed E-state index contributed by atoms with van der Waals surface area (Å²) >= 11 is 0. The van der Waals surface area contributed by atoms with Crippen LogP contribution in [0, 0.1) is 23.7 Å². The minimum atomic E-state index is -1.12. The average Bonchev–Trinajstić information content (AvgIpc) is 3.08. The van der Waals surface area contributed by atoms with Gasteiger partial charge in [-0.25, -0.2) is 0 Å². The van der Waals surface area contributed by atoms with Crippen LogP contribution < -0.4 is 10.4 Å². The number of nitrogens with one attached hydrogen (secondary N) is 1. The van der Waals surface area contributed by atoms with Crippen molar-refractivity contribution in [1.82, 2.24) is 0 Å². The Morgan fingerprint density at radius 3 is 2.41 bits per heavy atom. The van der Waals surface area contributed by atoms with Crippen molar-refractivity contribution in [2.45, 2.75) is 26.2 Å². The number of carboxylic acid groups (broad SMARTS) is 1. The van der Waals surface area contributed by atoms with Gasteiger partial charge in [-0.15, -0.1) is 0 Å². The van der Waals surface area contributed by atoms with Gasteiger partial charge in [0.25, 0.3) is 0 Å². The van der Waals surface area contributed by atoms with Gasteiger partial charge in [-0.1, -0.05) is 44.2 Å². The van der Waals surface area contributed by atoms with Gasteiger partial charge in [0.1, 0.15) is 0 Å². The van der Waals surface area contributed by atoms with Crippen LogP contribution in [0.5, 0.6) is 0 Å². The number of carbonyl (C=O) groups excluding carboxylic acids is 2. The standard InChI is InChI=1S/C18H21NO3/c1-10(2)13-5-3-4-6-14(13)19-17(20)15-11-7-8-12(9-11)16(15)18(21)22/h3-8,10-12,15-16H,9H2,1-2H3,(H,19,20)(H,21,22)/p-1/t11-,12+,15-,16+/m0/s1. The molecule has 0 radical (unpaired) electrons. The Morgan fingerprint density at radius 2 is 1.77 bits per heavy atom. The van der Waals surface area contributed by atoms with Gasteiger partial charge in [0.05, 0.1) is 5.92 Å². The Balaban J connectivity index is 1.83. The summed E-state index contributed by atoms with van der Waals surface area (Å²) in [6.45, 7) is 4.13. The molecule has 22 heavy (non-hydrogen) atoms. The molecule has 1 amide bonds. The molecule has 116 valence electrons. The number of aliphatic carboxylic acids is 1. The van der Waals surface area contributed by atoms with Crippen molar-refractivity contribution in [3.63, 3.8) is 0 Å². The fourth-order valence-electron chi connectivity index (χ4n) is 3.83. The Kier molecular flexibility index (Phi) is 3.77. The van der Waals surface area contributed by atoms with Crippen LogP contribution >= 0.6 is 0 Å². The summed E-state index contributed by atoms with van der Waals surface area (Å²) in [6.07, 6.45) is 4.63. The first-order valence-corrected chi connectivity index (χ1v) is 7.78. The number of anilines is 1. The molecule has 1 aromatic carbocycles. The number of carbonyl (C=O) groups is 2. The van der Waals surface area contributed by atoms with Crippen molar-refractivity contribution in [3.8, 4) is 0 Å². The van der Waals surface area contributed by atoms with E-state index in [0.717, 1.165) is 17.7 Å². The minimum absolute atomic E-state index is 0.0131. The van der Waals surface area contributed by atoms with E-state index in [1.165, 1.54) is 0 Å². The van der Waals surface area contributed by atoms with Crippen molar-refractivity contribution < 1.29 is 14.7 Å². The largest absolute Gasteiger partial charge is 0.550 e. The second-order valence-electron chi connectivity index (χ2n) is 6.55. The van der Waals surface area contributed by atoms with E-state index in [2.05, 4.69) is 19.2 Å². The van der Waals surface area contributed by atoms with Crippen molar-refractivity contribution in [3.05, 3.63) is 42.0 Å². The fourth-order valence-corrected chi connectivity index (χ4v) is 3.83. The van der Waals surface area contributed by atoms with E-state index in [4.69, 9.17) is 0 Å². The molecule has 4 nitrogen and oxygen atoms in total. The van der Waals surface area contributed by atoms with Gasteiger partial charge in [-0.3, -0.25) is 4.79 Å². The third kappa shape index (κ3) is 2.43. The van der Waals surface area contributed by atoms with Crippen molar-refractivity contribution in [2.24, 2.45) is 23.7 Å². The molecule has 0 aromatic heterocycles. The fraction of sp³-hybridized carbons (Fsp3) is 0.444. The van der Waals surface area contributed by atoms with Crippen LogP contribution in [0.4, 0.5) is 5.69 Å². The van der Waals surface area contributed by atoms with Crippen LogP contribution in [0.2, 0.25) is 0 Å². The zero-order valence-corrected chi connectivity index (χ0v) is 12.8. The molecule has 4 atom stereocenters. The highest BCUT2D eigenvalue weighted by Gasteiger charge is 2.48. The van der Waals surface area contributed by atoms with E-state index in [9.17, 15) is 14.7 Å². The monoisotopic (exact) mass is 298 g/mol. The van der Waals surface area contributed by atoms with E-state index >= 15 is 0 Å². The lowest BCUT2D eigenvalue weighted by Gasteiger charge is -2.28. The topological polar surface area (TPSA) is 69.2 Å². The second kappa shape index (κ2) is 5.59. The third-order valence-corrected chi connectivity index (χ3v) is 4.87. The lowest BCUT2D eigenvalue weighted by Crippen LogP contribution is -2.43. The lowest BCUT2D eigenvalue weighted by molar-refractivity contribution is -0.313. The number of benzene rings is 1. The maximum atomic E-state index is 12.7. The van der Waals surface area contributed by atoms with Crippen molar-refractivity contribution in [1.29, 1.82) is 0 Å².